The van der Waals surface area contributed by atoms with Gasteiger partial charge in [-0.1, -0.05) is 24.3 Å². The molecular weight excluding hydrogens is 272 g/mol. The number of ketones is 2. The molecule has 2 N–H and O–H groups in total. The average molecular weight is 282 g/mol. The summed E-state index contributed by atoms with van der Waals surface area (Å²) in [6.45, 7) is -0.0985. The first-order valence-electron chi connectivity index (χ1n) is 6.17. The van der Waals surface area contributed by atoms with Crippen molar-refractivity contribution in [3.8, 4) is 0 Å². The number of nitrogens with two attached hydrogens (primary N) is 1. The van der Waals surface area contributed by atoms with Crippen molar-refractivity contribution < 1.29 is 19.1 Å². The first-order chi connectivity index (χ1) is 10.1. The molecule has 2 aromatic rings. The second-order valence-corrected chi connectivity index (χ2v) is 4.55. The Morgan fingerprint density at radius 2 is 1.76 bits per heavy atom. The average Bonchev–Trinajstić information content (AvgIpc) is 2.50. The molecule has 0 fully saturated rings. The zero-order chi connectivity index (χ0) is 15.0. The number of primary amides is 1. The van der Waals surface area contributed by atoms with E-state index < -0.39 is 6.09 Å². The van der Waals surface area contributed by atoms with Crippen molar-refractivity contribution in [2.24, 2.45) is 5.73 Å². The number of nitrogens with zero attached hydrogens (tertiary/aromatic N) is 1. The van der Waals surface area contributed by atoms with Gasteiger partial charge in [0.2, 0.25) is 5.78 Å². The van der Waals surface area contributed by atoms with Crippen LogP contribution in [-0.4, -0.2) is 22.6 Å². The molecule has 6 heteroatoms. The normalized spacial score (nSPS) is 12.6. The van der Waals surface area contributed by atoms with E-state index in [0.717, 1.165) is 0 Å². The number of carbonyl (C=O) groups excluding carboxylic acids is 3. The summed E-state index contributed by atoms with van der Waals surface area (Å²) in [5.41, 5.74) is 6.41. The largest absolute Gasteiger partial charge is 0.445 e. The Morgan fingerprint density at radius 3 is 2.43 bits per heavy atom. The third-order valence-corrected chi connectivity index (χ3v) is 3.20. The van der Waals surface area contributed by atoms with Crippen LogP contribution in [0.4, 0.5) is 4.79 Å². The molecule has 0 aliphatic heterocycles. The maximum atomic E-state index is 12.4. The lowest BCUT2D eigenvalue weighted by Crippen LogP contribution is -2.22. The van der Waals surface area contributed by atoms with Crippen molar-refractivity contribution in [1.29, 1.82) is 0 Å². The molecule has 1 aliphatic carbocycles. The van der Waals surface area contributed by atoms with E-state index in [9.17, 15) is 14.4 Å². The van der Waals surface area contributed by atoms with Gasteiger partial charge < -0.3 is 10.5 Å². The van der Waals surface area contributed by atoms with Gasteiger partial charge >= 0.3 is 6.09 Å². The monoisotopic (exact) mass is 282 g/mol. The van der Waals surface area contributed by atoms with Crippen LogP contribution in [0.5, 0.6) is 0 Å². The summed E-state index contributed by atoms with van der Waals surface area (Å²) >= 11 is 0. The lowest BCUT2D eigenvalue weighted by Gasteiger charge is -2.16. The van der Waals surface area contributed by atoms with E-state index in [0.29, 0.717) is 16.7 Å². The van der Waals surface area contributed by atoms with Gasteiger partial charge in [-0.2, -0.15) is 0 Å². The predicted molar refractivity (Wildman–Crippen MR) is 71.9 cm³/mol. The first kappa shape index (κ1) is 13.0. The van der Waals surface area contributed by atoms with Crippen molar-refractivity contribution >= 4 is 17.7 Å². The molecule has 3 rings (SSSR count). The lowest BCUT2D eigenvalue weighted by molar-refractivity contribution is 0.0975. The predicted octanol–water partition coefficient (Wildman–Crippen LogP) is 1.45. The van der Waals surface area contributed by atoms with Crippen molar-refractivity contribution in [2.75, 3.05) is 0 Å². The summed E-state index contributed by atoms with van der Waals surface area (Å²) in [4.78, 5) is 39.4. The lowest BCUT2D eigenvalue weighted by atomic mass is 9.86. The summed E-state index contributed by atoms with van der Waals surface area (Å²) in [7, 11) is 0. The van der Waals surface area contributed by atoms with Gasteiger partial charge in [-0.15, -0.1) is 0 Å². The summed E-state index contributed by atoms with van der Waals surface area (Å²) in [6, 6.07) is 8.10. The van der Waals surface area contributed by atoms with Crippen LogP contribution in [0.1, 0.15) is 37.5 Å². The highest BCUT2D eigenvalue weighted by molar-refractivity contribution is 6.27. The molecule has 1 amide bonds. The Labute approximate surface area is 119 Å². The van der Waals surface area contributed by atoms with Gasteiger partial charge in [0.25, 0.3) is 0 Å². The standard InChI is InChI=1S/C15H10N2O4/c16-15(20)21-7-8-5-11-12(17-6-8)14(19)10-4-2-1-3-9(10)13(11)18/h1-6H,7H2,(H2,16,20). The third kappa shape index (κ3) is 2.16. The maximum absolute atomic E-state index is 12.4. The van der Waals surface area contributed by atoms with Gasteiger partial charge in [-0.3, -0.25) is 14.6 Å². The number of benzene rings is 1. The third-order valence-electron chi connectivity index (χ3n) is 3.20. The van der Waals surface area contributed by atoms with Crippen LogP contribution in [0.3, 0.4) is 0 Å². The molecule has 1 aliphatic rings. The fourth-order valence-electron chi connectivity index (χ4n) is 2.25. The second kappa shape index (κ2) is 4.82. The minimum atomic E-state index is -0.916. The van der Waals surface area contributed by atoms with Crippen LogP contribution >= 0.6 is 0 Å². The quantitative estimate of drug-likeness (QED) is 0.766. The van der Waals surface area contributed by atoms with Gasteiger partial charge in [0.05, 0.1) is 5.56 Å². The van der Waals surface area contributed by atoms with E-state index in [1.807, 2.05) is 0 Å². The smallest absolute Gasteiger partial charge is 0.404 e. The van der Waals surface area contributed by atoms with Crippen molar-refractivity contribution in [2.45, 2.75) is 6.61 Å². The summed E-state index contributed by atoms with van der Waals surface area (Å²) in [5, 5.41) is 0. The summed E-state index contributed by atoms with van der Waals surface area (Å²) < 4.78 is 4.65. The molecule has 0 spiro atoms. The molecule has 1 heterocycles. The molecule has 1 aromatic carbocycles. The van der Waals surface area contributed by atoms with Crippen LogP contribution in [0.25, 0.3) is 0 Å². The summed E-state index contributed by atoms with van der Waals surface area (Å²) in [6.07, 6.45) is 0.474. The SMILES string of the molecule is NC(=O)OCc1cnc2c(c1)C(=O)c1ccccc1C2=O. The van der Waals surface area contributed by atoms with Gasteiger partial charge in [-0.25, -0.2) is 4.79 Å². The van der Waals surface area contributed by atoms with E-state index in [2.05, 4.69) is 9.72 Å². The van der Waals surface area contributed by atoms with Gasteiger partial charge in [-0.05, 0) is 6.07 Å². The zero-order valence-electron chi connectivity index (χ0n) is 10.8. The maximum Gasteiger partial charge on any atom is 0.404 e. The van der Waals surface area contributed by atoms with Crippen molar-refractivity contribution in [3.63, 3.8) is 0 Å². The fraction of sp³-hybridized carbons (Fsp3) is 0.0667. The zero-order valence-corrected chi connectivity index (χ0v) is 10.8. The number of amides is 1. The molecule has 0 bridgehead atoms. The van der Waals surface area contributed by atoms with Crippen LogP contribution in [0, 0.1) is 0 Å². The Kier molecular flexibility index (Phi) is 2.98. The first-order valence-corrected chi connectivity index (χ1v) is 6.17. The van der Waals surface area contributed by atoms with E-state index >= 15 is 0 Å². The summed E-state index contributed by atoms with van der Waals surface area (Å²) in [5.74, 6) is -0.559. The van der Waals surface area contributed by atoms with Crippen molar-refractivity contribution in [1.82, 2.24) is 4.98 Å². The van der Waals surface area contributed by atoms with E-state index in [1.54, 1.807) is 24.3 Å². The number of carbonyl (C=O) groups is 3. The fourth-order valence-corrected chi connectivity index (χ4v) is 2.25. The number of hydrogen-bond acceptors (Lipinski definition) is 5. The Bertz CT molecular complexity index is 783. The van der Waals surface area contributed by atoms with Gasteiger partial charge in [0.1, 0.15) is 12.3 Å². The number of rotatable bonds is 2. The molecule has 0 unspecified atom stereocenters. The highest BCUT2D eigenvalue weighted by Gasteiger charge is 2.30. The van der Waals surface area contributed by atoms with Crippen LogP contribution in [-0.2, 0) is 11.3 Å². The molecule has 0 saturated heterocycles. The number of ether oxygens (including phenoxy) is 1. The van der Waals surface area contributed by atoms with E-state index in [1.165, 1.54) is 12.3 Å². The molecule has 0 saturated carbocycles. The molecule has 1 aromatic heterocycles. The topological polar surface area (TPSA) is 99.3 Å². The Balaban J connectivity index is 2.04. The van der Waals surface area contributed by atoms with E-state index in [4.69, 9.17) is 5.73 Å². The molecule has 0 radical (unpaired) electrons. The van der Waals surface area contributed by atoms with Crippen LogP contribution in [0.15, 0.2) is 36.5 Å². The Hall–Kier alpha value is -3.02. The van der Waals surface area contributed by atoms with Crippen LogP contribution < -0.4 is 5.73 Å². The number of aromatic nitrogens is 1. The molecule has 6 nitrogen and oxygen atoms in total. The van der Waals surface area contributed by atoms with Crippen LogP contribution in [0.2, 0.25) is 0 Å². The van der Waals surface area contributed by atoms with Gasteiger partial charge in [0, 0.05) is 22.9 Å². The molecule has 0 atom stereocenters. The van der Waals surface area contributed by atoms with E-state index in [-0.39, 0.29) is 29.4 Å². The van der Waals surface area contributed by atoms with Gasteiger partial charge in [0.15, 0.2) is 5.78 Å². The number of pyridine rings is 1. The molecule has 104 valence electrons. The minimum absolute atomic E-state index is 0.0985. The highest BCUT2D eigenvalue weighted by atomic mass is 16.5. The number of fused-ring (bicyclic) bond motifs is 2. The highest BCUT2D eigenvalue weighted by Crippen LogP contribution is 2.26. The second-order valence-electron chi connectivity index (χ2n) is 4.55. The molecule has 21 heavy (non-hydrogen) atoms. The van der Waals surface area contributed by atoms with Crippen molar-refractivity contribution in [3.05, 3.63) is 64.5 Å². The molecular formula is C15H10N2O4. The minimum Gasteiger partial charge on any atom is -0.445 e. The Morgan fingerprint density at radius 1 is 1.10 bits per heavy atom. The number of hydrogen-bond donors (Lipinski definition) is 1.